The maximum atomic E-state index is 10.8. The number of para-hydroxylation sites is 1. The molecule has 0 aliphatic heterocycles. The Morgan fingerprint density at radius 2 is 1.93 bits per heavy atom. The van der Waals surface area contributed by atoms with Crippen molar-refractivity contribution in [3.8, 4) is 11.8 Å². The number of phenolic OH excluding ortho intramolecular Hbond substituents is 1. The molecule has 7 heteroatoms. The zero-order valence-electron chi connectivity index (χ0n) is 16.2. The normalized spacial score (nSPS) is 32.0. The molecule has 4 fully saturated rings. The van der Waals surface area contributed by atoms with Gasteiger partial charge >= 0.3 is 0 Å². The lowest BCUT2D eigenvalue weighted by Gasteiger charge is -2.58. The summed E-state index contributed by atoms with van der Waals surface area (Å²) in [6, 6.07) is 9.54. The number of phenols is 1. The standard InChI is InChI=1S/C22H25N5O2/c23-10-17-12-25-21(24-11-14-3-1-2-4-18(14)28)27-20(17)26-19-15-5-13-6-16(19)9-22(29,7-13)8-15/h1-4,12-13,15-16,19,28-29H,5-9,11H2,(H2,24,25,26,27)/t13?,15-,16+,19-,22-. The summed E-state index contributed by atoms with van der Waals surface area (Å²) in [4.78, 5) is 8.80. The van der Waals surface area contributed by atoms with Crippen molar-refractivity contribution in [2.75, 3.05) is 10.6 Å². The summed E-state index contributed by atoms with van der Waals surface area (Å²) >= 11 is 0. The first-order valence-electron chi connectivity index (χ1n) is 10.3. The summed E-state index contributed by atoms with van der Waals surface area (Å²) in [6.45, 7) is 0.390. The molecule has 4 aliphatic rings. The van der Waals surface area contributed by atoms with E-state index in [1.165, 1.54) is 6.20 Å². The lowest BCUT2D eigenvalue weighted by molar-refractivity contribution is -0.129. The predicted octanol–water partition coefficient (Wildman–Crippen LogP) is 3.02. The van der Waals surface area contributed by atoms with E-state index in [-0.39, 0.29) is 11.8 Å². The first-order chi connectivity index (χ1) is 14.0. The van der Waals surface area contributed by atoms with Crippen LogP contribution in [0.1, 0.15) is 43.2 Å². The van der Waals surface area contributed by atoms with Crippen molar-refractivity contribution in [2.24, 2.45) is 17.8 Å². The topological polar surface area (TPSA) is 114 Å². The number of rotatable bonds is 5. The van der Waals surface area contributed by atoms with Gasteiger partial charge in [0.2, 0.25) is 5.95 Å². The maximum absolute atomic E-state index is 10.8. The number of aromatic nitrogens is 2. The fourth-order valence-electron chi connectivity index (χ4n) is 5.87. The third-order valence-electron chi connectivity index (χ3n) is 6.88. The van der Waals surface area contributed by atoms with E-state index < -0.39 is 5.60 Å². The van der Waals surface area contributed by atoms with E-state index >= 15 is 0 Å². The lowest BCUT2D eigenvalue weighted by atomic mass is 9.52. The van der Waals surface area contributed by atoms with Crippen LogP contribution >= 0.6 is 0 Å². The van der Waals surface area contributed by atoms with Gasteiger partial charge in [0.25, 0.3) is 0 Å². The molecule has 0 saturated heterocycles. The molecule has 1 aromatic carbocycles. The predicted molar refractivity (Wildman–Crippen MR) is 108 cm³/mol. The smallest absolute Gasteiger partial charge is 0.224 e. The molecule has 6 rings (SSSR count). The van der Waals surface area contributed by atoms with Gasteiger partial charge in [0.15, 0.2) is 0 Å². The third-order valence-corrected chi connectivity index (χ3v) is 6.88. The van der Waals surface area contributed by atoms with E-state index in [1.807, 2.05) is 12.1 Å². The zero-order chi connectivity index (χ0) is 20.0. The van der Waals surface area contributed by atoms with Crippen LogP contribution < -0.4 is 10.6 Å². The van der Waals surface area contributed by atoms with E-state index in [0.29, 0.717) is 41.6 Å². The van der Waals surface area contributed by atoms with Crippen LogP contribution in [0.4, 0.5) is 11.8 Å². The zero-order valence-corrected chi connectivity index (χ0v) is 16.2. The van der Waals surface area contributed by atoms with Crippen LogP contribution in [0.3, 0.4) is 0 Å². The number of aromatic hydroxyl groups is 1. The number of nitrogens with zero attached hydrogens (tertiary/aromatic N) is 3. The highest BCUT2D eigenvalue weighted by Crippen LogP contribution is 2.56. The first-order valence-corrected chi connectivity index (χ1v) is 10.3. The summed E-state index contributed by atoms with van der Waals surface area (Å²) in [5, 5.41) is 36.9. The van der Waals surface area contributed by atoms with E-state index in [9.17, 15) is 15.5 Å². The minimum atomic E-state index is -0.483. The summed E-state index contributed by atoms with van der Waals surface area (Å²) in [5.41, 5.74) is 0.692. The van der Waals surface area contributed by atoms with Crippen LogP contribution in [-0.2, 0) is 6.54 Å². The van der Waals surface area contributed by atoms with Crippen LogP contribution in [0.15, 0.2) is 30.5 Å². The molecule has 4 aliphatic carbocycles. The largest absolute Gasteiger partial charge is 0.508 e. The number of hydrogen-bond donors (Lipinski definition) is 4. The van der Waals surface area contributed by atoms with Crippen molar-refractivity contribution >= 4 is 11.8 Å². The van der Waals surface area contributed by atoms with Crippen LogP contribution in [0.2, 0.25) is 0 Å². The Morgan fingerprint density at radius 3 is 2.62 bits per heavy atom. The van der Waals surface area contributed by atoms with Crippen molar-refractivity contribution < 1.29 is 10.2 Å². The molecule has 1 heterocycles. The van der Waals surface area contributed by atoms with Crippen molar-refractivity contribution in [2.45, 2.75) is 50.3 Å². The number of nitrogens with one attached hydrogen (secondary N) is 2. The summed E-state index contributed by atoms with van der Waals surface area (Å²) in [6.07, 6.45) is 6.44. The molecule has 0 radical (unpaired) electrons. The molecule has 7 nitrogen and oxygen atoms in total. The van der Waals surface area contributed by atoms with E-state index in [4.69, 9.17) is 0 Å². The number of anilines is 2. The molecule has 5 atom stereocenters. The van der Waals surface area contributed by atoms with Gasteiger partial charge in [0, 0.05) is 18.2 Å². The third kappa shape index (κ3) is 3.38. The molecular weight excluding hydrogens is 366 g/mol. The molecule has 4 N–H and O–H groups in total. The highest BCUT2D eigenvalue weighted by molar-refractivity contribution is 5.54. The van der Waals surface area contributed by atoms with Gasteiger partial charge in [-0.3, -0.25) is 0 Å². The second-order valence-electron chi connectivity index (χ2n) is 8.91. The molecule has 1 unspecified atom stereocenters. The van der Waals surface area contributed by atoms with Gasteiger partial charge in [-0.15, -0.1) is 0 Å². The second-order valence-corrected chi connectivity index (χ2v) is 8.91. The van der Waals surface area contributed by atoms with Gasteiger partial charge in [-0.25, -0.2) is 4.98 Å². The average Bonchev–Trinajstić information content (AvgIpc) is 2.69. The molecule has 2 aromatic rings. The van der Waals surface area contributed by atoms with Gasteiger partial charge in [-0.2, -0.15) is 10.2 Å². The van der Waals surface area contributed by atoms with Crippen molar-refractivity contribution in [1.82, 2.24) is 9.97 Å². The average molecular weight is 391 g/mol. The number of benzene rings is 1. The number of hydrogen-bond acceptors (Lipinski definition) is 7. The van der Waals surface area contributed by atoms with Crippen molar-refractivity contribution in [3.63, 3.8) is 0 Å². The second kappa shape index (κ2) is 6.89. The van der Waals surface area contributed by atoms with Crippen LogP contribution in [0.5, 0.6) is 5.75 Å². The van der Waals surface area contributed by atoms with Gasteiger partial charge < -0.3 is 20.8 Å². The van der Waals surface area contributed by atoms with E-state index in [0.717, 1.165) is 37.7 Å². The highest BCUT2D eigenvalue weighted by Gasteiger charge is 2.54. The summed E-state index contributed by atoms with van der Waals surface area (Å²) < 4.78 is 0. The number of aliphatic hydroxyl groups is 1. The quantitative estimate of drug-likeness (QED) is 0.619. The Bertz CT molecular complexity index is 956. The Hall–Kier alpha value is -2.85. The lowest BCUT2D eigenvalue weighted by Crippen LogP contribution is -2.59. The minimum Gasteiger partial charge on any atom is -0.508 e. The fraction of sp³-hybridized carbons (Fsp3) is 0.500. The SMILES string of the molecule is N#Cc1cnc(NCc2ccccc2O)nc1N[C@@H]1[C@@H]2CC3C[C@H]1C[C@@](O)(C3)C2. The van der Waals surface area contributed by atoms with Crippen LogP contribution in [0, 0.1) is 29.1 Å². The molecule has 150 valence electrons. The molecule has 29 heavy (non-hydrogen) atoms. The fourth-order valence-corrected chi connectivity index (χ4v) is 5.87. The van der Waals surface area contributed by atoms with Crippen LogP contribution in [-0.4, -0.2) is 31.8 Å². The molecular formula is C22H25N5O2. The Morgan fingerprint density at radius 1 is 1.17 bits per heavy atom. The van der Waals surface area contributed by atoms with Crippen molar-refractivity contribution in [1.29, 1.82) is 5.26 Å². The Kier molecular flexibility index (Phi) is 4.32. The molecule has 0 amide bonds. The highest BCUT2D eigenvalue weighted by atomic mass is 16.3. The molecule has 1 aromatic heterocycles. The van der Waals surface area contributed by atoms with Gasteiger partial charge in [0.1, 0.15) is 23.2 Å². The van der Waals surface area contributed by atoms with Gasteiger partial charge in [-0.1, -0.05) is 18.2 Å². The van der Waals surface area contributed by atoms with E-state index in [1.54, 1.807) is 12.1 Å². The van der Waals surface area contributed by atoms with Gasteiger partial charge in [-0.05, 0) is 55.9 Å². The minimum absolute atomic E-state index is 0.221. The maximum Gasteiger partial charge on any atom is 0.224 e. The first kappa shape index (κ1) is 18.2. The Labute approximate surface area is 169 Å². The number of nitriles is 1. The Balaban J connectivity index is 1.34. The van der Waals surface area contributed by atoms with Gasteiger partial charge in [0.05, 0.1) is 11.8 Å². The molecule has 4 saturated carbocycles. The van der Waals surface area contributed by atoms with Crippen LogP contribution in [0.25, 0.3) is 0 Å². The summed E-state index contributed by atoms with van der Waals surface area (Å²) in [5.74, 6) is 2.66. The summed E-state index contributed by atoms with van der Waals surface area (Å²) in [7, 11) is 0. The molecule has 0 spiro atoms. The monoisotopic (exact) mass is 391 g/mol. The van der Waals surface area contributed by atoms with Crippen molar-refractivity contribution in [3.05, 3.63) is 41.6 Å². The molecule has 4 bridgehead atoms. The van der Waals surface area contributed by atoms with E-state index in [2.05, 4.69) is 26.7 Å².